The van der Waals surface area contributed by atoms with E-state index in [4.69, 9.17) is 4.74 Å². The molecule has 0 saturated carbocycles. The van der Waals surface area contributed by atoms with Gasteiger partial charge in [0.05, 0.1) is 13.2 Å². The molecule has 2 unspecified atom stereocenters. The Morgan fingerprint density at radius 2 is 2.25 bits per heavy atom. The molecular weight excluding hydrogens is 208 g/mol. The van der Waals surface area contributed by atoms with Gasteiger partial charge in [-0.05, 0) is 32.1 Å². The normalized spacial score (nSPS) is 14.5. The highest BCUT2D eigenvalue weighted by Crippen LogP contribution is 2.25. The van der Waals surface area contributed by atoms with Crippen LogP contribution in [0.15, 0.2) is 18.3 Å². The number of aliphatic hydroxyl groups excluding tert-OH is 2. The average Bonchev–Trinajstić information content (AvgIpc) is 2.34. The van der Waals surface area contributed by atoms with Gasteiger partial charge in [-0.25, -0.2) is 4.98 Å². The number of nitrogens with zero attached hydrogens (tertiary/aromatic N) is 1. The summed E-state index contributed by atoms with van der Waals surface area (Å²) in [6, 6.07) is 3.39. The molecule has 5 heteroatoms. The largest absolute Gasteiger partial charge is 0.481 e. The zero-order valence-corrected chi connectivity index (χ0v) is 9.55. The second kappa shape index (κ2) is 6.42. The predicted molar refractivity (Wildman–Crippen MR) is 60.3 cm³/mol. The molecule has 0 fully saturated rings. The van der Waals surface area contributed by atoms with E-state index >= 15 is 0 Å². The first-order valence-electron chi connectivity index (χ1n) is 5.20. The summed E-state index contributed by atoms with van der Waals surface area (Å²) >= 11 is 0. The summed E-state index contributed by atoms with van der Waals surface area (Å²) in [5.41, 5.74) is 0.508. The van der Waals surface area contributed by atoms with Crippen molar-refractivity contribution in [3.8, 4) is 5.88 Å². The fourth-order valence-electron chi connectivity index (χ4n) is 1.46. The SMILES string of the molecule is CNCCC(O)C(O)c1cccnc1OC. The molecule has 0 aliphatic rings. The number of rotatable bonds is 6. The first-order valence-corrected chi connectivity index (χ1v) is 5.20. The zero-order valence-electron chi connectivity index (χ0n) is 9.55. The Labute approximate surface area is 95.1 Å². The highest BCUT2D eigenvalue weighted by molar-refractivity contribution is 5.28. The van der Waals surface area contributed by atoms with E-state index in [-0.39, 0.29) is 0 Å². The second-order valence-electron chi connectivity index (χ2n) is 3.51. The molecule has 1 rings (SSSR count). The number of nitrogens with one attached hydrogen (secondary N) is 1. The fraction of sp³-hybridized carbons (Fsp3) is 0.545. The van der Waals surface area contributed by atoms with Crippen LogP contribution in [-0.2, 0) is 0 Å². The number of ether oxygens (including phenoxy) is 1. The summed E-state index contributed by atoms with van der Waals surface area (Å²) < 4.78 is 5.02. The lowest BCUT2D eigenvalue weighted by molar-refractivity contribution is 0.0124. The molecule has 0 bridgehead atoms. The Kier molecular flexibility index (Phi) is 5.18. The minimum absolute atomic E-state index is 0.346. The molecule has 1 heterocycles. The van der Waals surface area contributed by atoms with Crippen molar-refractivity contribution in [3.63, 3.8) is 0 Å². The zero-order chi connectivity index (χ0) is 12.0. The van der Waals surface area contributed by atoms with Gasteiger partial charge in [-0.3, -0.25) is 0 Å². The molecule has 0 aliphatic heterocycles. The fourth-order valence-corrected chi connectivity index (χ4v) is 1.46. The topological polar surface area (TPSA) is 74.6 Å². The maximum absolute atomic E-state index is 9.93. The summed E-state index contributed by atoms with van der Waals surface area (Å²) in [6.07, 6.45) is 0.243. The Morgan fingerprint density at radius 3 is 2.88 bits per heavy atom. The summed E-state index contributed by atoms with van der Waals surface area (Å²) in [4.78, 5) is 3.97. The van der Waals surface area contributed by atoms with Crippen molar-refractivity contribution >= 4 is 0 Å². The Morgan fingerprint density at radius 1 is 1.50 bits per heavy atom. The van der Waals surface area contributed by atoms with Crippen LogP contribution in [0.3, 0.4) is 0 Å². The number of aromatic nitrogens is 1. The number of hydrogen-bond acceptors (Lipinski definition) is 5. The van der Waals surface area contributed by atoms with Crippen LogP contribution in [-0.4, -0.2) is 42.0 Å². The highest BCUT2D eigenvalue weighted by atomic mass is 16.5. The van der Waals surface area contributed by atoms with Crippen molar-refractivity contribution in [2.75, 3.05) is 20.7 Å². The van der Waals surface area contributed by atoms with E-state index in [0.717, 1.165) is 0 Å². The van der Waals surface area contributed by atoms with Crippen molar-refractivity contribution < 1.29 is 14.9 Å². The van der Waals surface area contributed by atoms with E-state index in [0.29, 0.717) is 24.4 Å². The highest BCUT2D eigenvalue weighted by Gasteiger charge is 2.21. The molecular formula is C11H18N2O3. The molecule has 16 heavy (non-hydrogen) atoms. The monoisotopic (exact) mass is 226 g/mol. The van der Waals surface area contributed by atoms with E-state index in [1.165, 1.54) is 7.11 Å². The maximum atomic E-state index is 9.93. The van der Waals surface area contributed by atoms with Crippen molar-refractivity contribution in [3.05, 3.63) is 23.9 Å². The van der Waals surface area contributed by atoms with Crippen LogP contribution in [0, 0.1) is 0 Å². The third-order valence-corrected chi connectivity index (χ3v) is 2.37. The van der Waals surface area contributed by atoms with Crippen LogP contribution in [0.1, 0.15) is 18.1 Å². The smallest absolute Gasteiger partial charge is 0.218 e. The molecule has 3 N–H and O–H groups in total. The van der Waals surface area contributed by atoms with E-state index in [2.05, 4.69) is 10.3 Å². The first kappa shape index (κ1) is 12.9. The van der Waals surface area contributed by atoms with Crippen LogP contribution in [0.5, 0.6) is 5.88 Å². The van der Waals surface area contributed by atoms with Gasteiger partial charge >= 0.3 is 0 Å². The summed E-state index contributed by atoms with van der Waals surface area (Å²) in [5, 5.41) is 22.6. The lowest BCUT2D eigenvalue weighted by Gasteiger charge is -2.19. The number of pyridine rings is 1. The van der Waals surface area contributed by atoms with Crippen LogP contribution in [0.4, 0.5) is 0 Å². The molecule has 1 aromatic rings. The van der Waals surface area contributed by atoms with Crippen molar-refractivity contribution in [2.45, 2.75) is 18.6 Å². The van der Waals surface area contributed by atoms with E-state index in [1.54, 1.807) is 25.4 Å². The quantitative estimate of drug-likeness (QED) is 0.641. The standard InChI is InChI=1S/C11H18N2O3/c1-12-7-5-9(14)10(15)8-4-3-6-13-11(8)16-2/h3-4,6,9-10,12,14-15H,5,7H2,1-2H3. The van der Waals surface area contributed by atoms with Gasteiger partial charge < -0.3 is 20.3 Å². The minimum atomic E-state index is -0.975. The van der Waals surface area contributed by atoms with Gasteiger partial charge in [-0.2, -0.15) is 0 Å². The molecule has 1 aromatic heterocycles. The molecule has 90 valence electrons. The average molecular weight is 226 g/mol. The van der Waals surface area contributed by atoms with Gasteiger partial charge in [-0.1, -0.05) is 0 Å². The predicted octanol–water partition coefficient (Wildman–Crippen LogP) is 0.0940. The molecule has 0 amide bonds. The summed E-state index contributed by atoms with van der Waals surface area (Å²) in [6.45, 7) is 0.640. The van der Waals surface area contributed by atoms with Gasteiger partial charge in [0.15, 0.2) is 0 Å². The van der Waals surface area contributed by atoms with Gasteiger partial charge in [0.25, 0.3) is 0 Å². The van der Waals surface area contributed by atoms with Crippen LogP contribution < -0.4 is 10.1 Å². The molecule has 0 saturated heterocycles. The van der Waals surface area contributed by atoms with Crippen molar-refractivity contribution in [2.24, 2.45) is 0 Å². The van der Waals surface area contributed by atoms with Crippen LogP contribution in [0.25, 0.3) is 0 Å². The Balaban J connectivity index is 2.74. The number of methoxy groups -OCH3 is 1. The number of hydrogen-bond donors (Lipinski definition) is 3. The lowest BCUT2D eigenvalue weighted by Crippen LogP contribution is -2.23. The molecule has 0 aromatic carbocycles. The van der Waals surface area contributed by atoms with Crippen molar-refractivity contribution in [1.29, 1.82) is 0 Å². The van der Waals surface area contributed by atoms with Gasteiger partial charge in [0.1, 0.15) is 6.10 Å². The molecule has 2 atom stereocenters. The molecule has 0 spiro atoms. The number of aliphatic hydroxyl groups is 2. The Bertz CT molecular complexity index is 320. The Hall–Kier alpha value is -1.17. The minimum Gasteiger partial charge on any atom is -0.481 e. The van der Waals surface area contributed by atoms with Crippen molar-refractivity contribution in [1.82, 2.24) is 10.3 Å². The van der Waals surface area contributed by atoms with E-state index in [1.807, 2.05) is 0 Å². The first-order chi connectivity index (χ1) is 7.70. The van der Waals surface area contributed by atoms with Gasteiger partial charge in [-0.15, -0.1) is 0 Å². The lowest BCUT2D eigenvalue weighted by atomic mass is 10.0. The third-order valence-electron chi connectivity index (χ3n) is 2.37. The van der Waals surface area contributed by atoms with Crippen LogP contribution in [0.2, 0.25) is 0 Å². The van der Waals surface area contributed by atoms with Crippen LogP contribution >= 0.6 is 0 Å². The summed E-state index contributed by atoms with van der Waals surface area (Å²) in [7, 11) is 3.28. The van der Waals surface area contributed by atoms with E-state index < -0.39 is 12.2 Å². The third kappa shape index (κ3) is 3.16. The van der Waals surface area contributed by atoms with E-state index in [9.17, 15) is 10.2 Å². The maximum Gasteiger partial charge on any atom is 0.218 e. The summed E-state index contributed by atoms with van der Waals surface area (Å²) in [5.74, 6) is 0.346. The molecule has 0 radical (unpaired) electrons. The molecule has 5 nitrogen and oxygen atoms in total. The van der Waals surface area contributed by atoms with Gasteiger partial charge in [0.2, 0.25) is 5.88 Å². The second-order valence-corrected chi connectivity index (χ2v) is 3.51. The van der Waals surface area contributed by atoms with Gasteiger partial charge in [0, 0.05) is 11.8 Å². The molecule has 0 aliphatic carbocycles.